The summed E-state index contributed by atoms with van der Waals surface area (Å²) < 4.78 is 15.2. The van der Waals surface area contributed by atoms with Gasteiger partial charge in [0.25, 0.3) is 28.4 Å². The third kappa shape index (κ3) is 5.49. The smallest absolute Gasteiger partial charge is 0.335 e. The molecule has 2 heterocycles. The molecule has 2 aromatic heterocycles. The van der Waals surface area contributed by atoms with Crippen LogP contribution in [-0.2, 0) is 11.3 Å². The van der Waals surface area contributed by atoms with Crippen molar-refractivity contribution in [3.8, 4) is 0 Å². The van der Waals surface area contributed by atoms with Gasteiger partial charge in [-0.25, -0.2) is 14.2 Å². The summed E-state index contributed by atoms with van der Waals surface area (Å²) in [5, 5.41) is 27.3. The molecule has 17 nitrogen and oxygen atoms in total. The first-order valence-electron chi connectivity index (χ1n) is 12.4. The molecule has 0 saturated carbocycles. The van der Waals surface area contributed by atoms with E-state index in [0.717, 1.165) is 16.6 Å². The number of carboxylic acid groups (broad SMARTS) is 1. The van der Waals surface area contributed by atoms with Crippen molar-refractivity contribution in [3.63, 3.8) is 0 Å². The van der Waals surface area contributed by atoms with E-state index in [1.807, 2.05) is 0 Å². The number of nitrogens with zero attached hydrogens (tertiary/aromatic N) is 5. The highest BCUT2D eigenvalue weighted by Crippen LogP contribution is 2.23. The molecule has 0 spiro atoms. The van der Waals surface area contributed by atoms with E-state index >= 15 is 0 Å². The average Bonchev–Trinajstić information content (AvgIpc) is 3.50. The Morgan fingerprint density at radius 1 is 1.00 bits per heavy atom. The van der Waals surface area contributed by atoms with Crippen molar-refractivity contribution in [2.75, 3.05) is 11.1 Å². The molecule has 0 aliphatic heterocycles. The van der Waals surface area contributed by atoms with Crippen molar-refractivity contribution < 1.29 is 28.7 Å². The molecule has 0 bridgehead atoms. The predicted octanol–water partition coefficient (Wildman–Crippen LogP) is -0.835. The van der Waals surface area contributed by atoms with Crippen LogP contribution in [0.15, 0.2) is 58.1 Å². The van der Waals surface area contributed by atoms with Crippen molar-refractivity contribution in [2.45, 2.75) is 12.6 Å². The summed E-state index contributed by atoms with van der Waals surface area (Å²) in [4.78, 5) is 76.6. The lowest BCUT2D eigenvalue weighted by atomic mass is 10.0. The number of amides is 3. The molecule has 18 heteroatoms. The molecular weight excluding hydrogens is 583 g/mol. The summed E-state index contributed by atoms with van der Waals surface area (Å²) in [6, 6.07) is 8.48. The Morgan fingerprint density at radius 3 is 2.39 bits per heavy atom. The number of aromatic carboxylic acids is 1. The molecule has 0 aliphatic rings. The number of nitrogen functional groups attached to an aromatic ring is 1. The second-order valence-electron chi connectivity index (χ2n) is 9.22. The lowest BCUT2D eigenvalue weighted by Gasteiger charge is -2.16. The first-order chi connectivity index (χ1) is 20.9. The topological polar surface area (TPSA) is 267 Å². The molecule has 222 valence electrons. The van der Waals surface area contributed by atoms with Crippen LogP contribution in [0, 0.1) is 5.82 Å². The Morgan fingerprint density at radius 2 is 1.73 bits per heavy atom. The standard InChI is InChI=1S/C26H19FN10O7/c27-13-6-1-10(7-14(13)31-19-17(28)20(38)21(19)39)9-30-23(41)15-8-16(37-26(32-15)34-35-36-37)24(42)33-18(22(29)40)11-2-4-12(5-3-11)25(43)44/h1-8,18,31H,9,28H2,(H2,29,40)(H,30,41)(H,33,42)(H,43,44)/t18-/m1/s1. The van der Waals surface area contributed by atoms with E-state index in [9.17, 15) is 33.2 Å². The molecule has 8 N–H and O–H groups in total. The number of rotatable bonds is 10. The predicted molar refractivity (Wildman–Crippen MR) is 148 cm³/mol. The minimum atomic E-state index is -1.39. The van der Waals surface area contributed by atoms with Gasteiger partial charge in [0.15, 0.2) is 0 Å². The Bertz CT molecular complexity index is 2050. The molecule has 5 rings (SSSR count). The molecule has 0 fully saturated rings. The van der Waals surface area contributed by atoms with Crippen LogP contribution in [0.4, 0.5) is 21.5 Å². The average molecular weight is 602 g/mol. The van der Waals surface area contributed by atoms with Crippen LogP contribution in [0.25, 0.3) is 5.78 Å². The summed E-state index contributed by atoms with van der Waals surface area (Å²) in [6.07, 6.45) is 0. The Labute approximate surface area is 243 Å². The van der Waals surface area contributed by atoms with Gasteiger partial charge in [-0.15, -0.1) is 0 Å². The number of benzene rings is 2. The lowest BCUT2D eigenvalue weighted by Crippen LogP contribution is -2.38. The third-order valence-electron chi connectivity index (χ3n) is 6.38. The number of tetrazole rings is 1. The molecule has 5 aromatic rings. The van der Waals surface area contributed by atoms with Gasteiger partial charge < -0.3 is 32.5 Å². The quantitative estimate of drug-likeness (QED) is 0.107. The summed E-state index contributed by atoms with van der Waals surface area (Å²) in [6.45, 7) is -0.162. The molecule has 0 unspecified atom stereocenters. The number of hydrogen-bond donors (Lipinski definition) is 6. The van der Waals surface area contributed by atoms with Gasteiger partial charge in [-0.3, -0.25) is 24.0 Å². The van der Waals surface area contributed by atoms with Crippen molar-refractivity contribution in [3.05, 3.63) is 103 Å². The van der Waals surface area contributed by atoms with E-state index in [0.29, 0.717) is 5.56 Å². The maximum absolute atomic E-state index is 14.3. The van der Waals surface area contributed by atoms with Crippen molar-refractivity contribution in [1.82, 2.24) is 35.7 Å². The number of aromatic nitrogens is 5. The van der Waals surface area contributed by atoms with E-state index in [1.54, 1.807) is 0 Å². The fourth-order valence-corrected chi connectivity index (χ4v) is 4.08. The van der Waals surface area contributed by atoms with Gasteiger partial charge in [0.05, 0.1) is 11.3 Å². The van der Waals surface area contributed by atoms with Crippen molar-refractivity contribution in [2.24, 2.45) is 5.73 Å². The zero-order valence-electron chi connectivity index (χ0n) is 22.1. The highest BCUT2D eigenvalue weighted by atomic mass is 19.1. The summed E-state index contributed by atoms with van der Waals surface area (Å²) in [7, 11) is 0. The van der Waals surface area contributed by atoms with Gasteiger partial charge in [0, 0.05) is 12.6 Å². The monoisotopic (exact) mass is 602 g/mol. The van der Waals surface area contributed by atoms with Crippen molar-refractivity contribution >= 4 is 46.5 Å². The van der Waals surface area contributed by atoms with E-state index in [1.165, 1.54) is 36.4 Å². The highest BCUT2D eigenvalue weighted by Gasteiger charge is 2.25. The fraction of sp³-hybridized carbons (Fsp3) is 0.0769. The number of carbonyl (C=O) groups is 4. The second-order valence-corrected chi connectivity index (χ2v) is 9.22. The highest BCUT2D eigenvalue weighted by molar-refractivity contribution is 6.00. The van der Waals surface area contributed by atoms with Crippen LogP contribution in [-0.4, -0.2) is 53.8 Å². The summed E-state index contributed by atoms with van der Waals surface area (Å²) >= 11 is 0. The minimum absolute atomic E-state index is 0.0522. The van der Waals surface area contributed by atoms with E-state index < -0.39 is 46.4 Å². The molecule has 0 saturated heterocycles. The number of carbonyl (C=O) groups excluding carboxylic acids is 3. The van der Waals surface area contributed by atoms with Crippen LogP contribution >= 0.6 is 0 Å². The van der Waals surface area contributed by atoms with E-state index in [2.05, 4.69) is 36.5 Å². The maximum atomic E-state index is 14.3. The molecular formula is C26H19FN10O7. The van der Waals surface area contributed by atoms with Crippen LogP contribution < -0.4 is 38.3 Å². The zero-order valence-corrected chi connectivity index (χ0v) is 22.1. The van der Waals surface area contributed by atoms with Crippen LogP contribution in [0.1, 0.15) is 48.5 Å². The van der Waals surface area contributed by atoms with Crippen molar-refractivity contribution in [1.29, 1.82) is 0 Å². The number of primary amides is 1. The first-order valence-corrected chi connectivity index (χ1v) is 12.4. The van der Waals surface area contributed by atoms with Crippen LogP contribution in [0.2, 0.25) is 0 Å². The molecule has 0 aliphatic carbocycles. The Kier molecular flexibility index (Phi) is 7.46. The van der Waals surface area contributed by atoms with Gasteiger partial charge in [-0.1, -0.05) is 23.3 Å². The zero-order chi connectivity index (χ0) is 31.7. The number of nitrogens with one attached hydrogen (secondary N) is 3. The Balaban J connectivity index is 1.34. The number of nitrogens with two attached hydrogens (primary N) is 2. The molecule has 44 heavy (non-hydrogen) atoms. The first kappa shape index (κ1) is 28.9. The number of anilines is 3. The molecule has 3 amide bonds. The summed E-state index contributed by atoms with van der Waals surface area (Å²) in [5.41, 5.74) is 8.39. The third-order valence-corrected chi connectivity index (χ3v) is 6.38. The number of halogens is 1. The molecule has 1 atom stereocenters. The molecule has 3 aromatic carbocycles. The minimum Gasteiger partial charge on any atom is -0.478 e. The van der Waals surface area contributed by atoms with Crippen LogP contribution in [0.5, 0.6) is 0 Å². The number of carboxylic acids is 1. The summed E-state index contributed by atoms with van der Waals surface area (Å²) in [5.74, 6) is -4.84. The van der Waals surface area contributed by atoms with Gasteiger partial charge in [-0.05, 0) is 45.8 Å². The largest absolute Gasteiger partial charge is 0.478 e. The lowest BCUT2D eigenvalue weighted by molar-refractivity contribution is -0.120. The fourth-order valence-electron chi connectivity index (χ4n) is 4.08. The normalized spacial score (nSPS) is 11.7. The van der Waals surface area contributed by atoms with Gasteiger partial charge in [-0.2, -0.15) is 4.52 Å². The van der Waals surface area contributed by atoms with Crippen LogP contribution in [0.3, 0.4) is 0 Å². The van der Waals surface area contributed by atoms with Gasteiger partial charge >= 0.3 is 5.97 Å². The SMILES string of the molecule is NC(=O)[C@H](NC(=O)c1cc(C(=O)NCc2ccc(F)c(Nc3c(N)c(=O)c3=O)c2)nc2nnnn12)c1ccc(C(=O)O)cc1. The van der Waals surface area contributed by atoms with E-state index in [4.69, 9.17) is 16.6 Å². The number of hydrogen-bond acceptors (Lipinski definition) is 12. The molecule has 0 radical (unpaired) electrons. The van der Waals surface area contributed by atoms with E-state index in [-0.39, 0.29) is 51.9 Å². The maximum Gasteiger partial charge on any atom is 0.335 e. The van der Waals surface area contributed by atoms with Gasteiger partial charge in [0.2, 0.25) is 5.91 Å². The van der Waals surface area contributed by atoms with Gasteiger partial charge in [0.1, 0.15) is 34.6 Å². The Hall–Kier alpha value is -6.59. The number of fused-ring (bicyclic) bond motifs is 1. The second kappa shape index (κ2) is 11.4.